The predicted molar refractivity (Wildman–Crippen MR) is 60.0 cm³/mol. The molecule has 1 rings (SSSR count). The molecule has 1 saturated heterocycles. The van der Waals surface area contributed by atoms with E-state index in [0.717, 1.165) is 0 Å². The minimum atomic E-state index is -8.98. The van der Waals surface area contributed by atoms with E-state index in [-0.39, 0.29) is 0 Å². The topological polar surface area (TPSA) is 12.5 Å². The minimum absolute atomic E-state index is 0.872. The normalized spacial score (nSPS) is 20.5. The highest BCUT2D eigenvalue weighted by molar-refractivity contribution is 5.19. The molecular formula is C12H5F19O. The number of alkyl halides is 19. The Labute approximate surface area is 162 Å². The van der Waals surface area contributed by atoms with Gasteiger partial charge in [-0.05, 0) is 0 Å². The molecule has 1 aliphatic rings. The van der Waals surface area contributed by atoms with Crippen molar-refractivity contribution in [3.63, 3.8) is 0 Å². The van der Waals surface area contributed by atoms with Gasteiger partial charge in [0.05, 0.1) is 12.7 Å². The Balaban J connectivity index is 3.71. The van der Waals surface area contributed by atoms with E-state index < -0.39 is 72.7 Å². The van der Waals surface area contributed by atoms with Crippen LogP contribution >= 0.6 is 0 Å². The fraction of sp³-hybridized carbons (Fsp3) is 1.00. The maximum atomic E-state index is 13.4. The molecule has 1 aliphatic heterocycles. The number of ether oxygens (including phenoxy) is 1. The zero-order valence-corrected chi connectivity index (χ0v) is 14.1. The maximum Gasteiger partial charge on any atom is 0.438 e. The Kier molecular flexibility index (Phi) is 6.33. The summed E-state index contributed by atoms with van der Waals surface area (Å²) in [7, 11) is 0. The van der Waals surface area contributed by atoms with Gasteiger partial charge in [-0.3, -0.25) is 0 Å². The SMILES string of the molecule is FC(F)(F)C(F)(C(F)(F)F)C(F)(F)C(F)(F)C(F)(F)C(F)(F)C(F)(F)C(F)(F)C[C@H]1CO1. The van der Waals surface area contributed by atoms with E-state index in [1.165, 1.54) is 0 Å². The van der Waals surface area contributed by atoms with Crippen molar-refractivity contribution < 1.29 is 88.2 Å². The van der Waals surface area contributed by atoms with Crippen LogP contribution in [-0.4, -0.2) is 66.3 Å². The fourth-order valence-electron chi connectivity index (χ4n) is 2.15. The lowest BCUT2D eigenvalue weighted by atomic mass is 9.83. The van der Waals surface area contributed by atoms with E-state index in [2.05, 4.69) is 4.74 Å². The highest BCUT2D eigenvalue weighted by Crippen LogP contribution is 2.66. The van der Waals surface area contributed by atoms with Crippen molar-refractivity contribution in [1.29, 1.82) is 0 Å². The van der Waals surface area contributed by atoms with E-state index in [1.807, 2.05) is 0 Å². The van der Waals surface area contributed by atoms with Crippen LogP contribution in [0.4, 0.5) is 83.4 Å². The molecule has 1 fully saturated rings. The molecule has 20 heteroatoms. The summed E-state index contributed by atoms with van der Waals surface area (Å²) in [5.74, 6) is -49.5. The number of epoxide rings is 1. The first-order valence-electron chi connectivity index (χ1n) is 7.29. The first-order valence-corrected chi connectivity index (χ1v) is 7.29. The maximum absolute atomic E-state index is 13.4. The molecule has 0 aromatic rings. The molecule has 0 amide bonds. The van der Waals surface area contributed by atoms with Gasteiger partial charge in [0.2, 0.25) is 0 Å². The molecule has 0 aromatic carbocycles. The standard InChI is InChI=1S/C12H5F19O/c13-4(14,1-3-2-32-3)6(16,17)8(20,21)10(24,25)9(22,23)7(18,19)5(15,11(26,27)28)12(29,30)31/h3H,1-2H2/t3-/m0/s1. The van der Waals surface area contributed by atoms with E-state index in [1.54, 1.807) is 0 Å². The summed E-state index contributed by atoms with van der Waals surface area (Å²) in [6.45, 7) is -0.872. The van der Waals surface area contributed by atoms with Crippen LogP contribution in [0.3, 0.4) is 0 Å². The molecule has 0 spiro atoms. The lowest BCUT2D eigenvalue weighted by Gasteiger charge is -2.45. The second-order valence-corrected chi connectivity index (χ2v) is 6.39. The average Bonchev–Trinajstić information content (AvgIpc) is 3.33. The van der Waals surface area contributed by atoms with E-state index in [9.17, 15) is 83.4 Å². The van der Waals surface area contributed by atoms with Crippen molar-refractivity contribution in [1.82, 2.24) is 0 Å². The molecule has 1 heterocycles. The third-order valence-corrected chi connectivity index (χ3v) is 4.14. The highest BCUT2D eigenvalue weighted by Gasteiger charge is 2.98. The number of rotatable bonds is 8. The summed E-state index contributed by atoms with van der Waals surface area (Å²) < 4.78 is 251. The summed E-state index contributed by atoms with van der Waals surface area (Å²) in [6.07, 6.45) is -21.2. The Hall–Kier alpha value is -1.37. The molecule has 0 unspecified atom stereocenters. The van der Waals surface area contributed by atoms with Crippen molar-refractivity contribution in [2.45, 2.75) is 66.1 Å². The molecule has 192 valence electrons. The molecule has 0 radical (unpaired) electrons. The second-order valence-electron chi connectivity index (χ2n) is 6.39. The molecule has 1 atom stereocenters. The monoisotopic (exact) mass is 526 g/mol. The molecule has 0 N–H and O–H groups in total. The van der Waals surface area contributed by atoms with Gasteiger partial charge in [0.1, 0.15) is 0 Å². The molecule has 0 aromatic heterocycles. The van der Waals surface area contributed by atoms with Crippen LogP contribution in [0.25, 0.3) is 0 Å². The van der Waals surface area contributed by atoms with Crippen LogP contribution in [0.15, 0.2) is 0 Å². The van der Waals surface area contributed by atoms with Gasteiger partial charge < -0.3 is 4.74 Å². The molecule has 1 nitrogen and oxygen atoms in total. The van der Waals surface area contributed by atoms with Crippen molar-refractivity contribution in [3.8, 4) is 0 Å². The minimum Gasteiger partial charge on any atom is -0.373 e. The smallest absolute Gasteiger partial charge is 0.373 e. The molecule has 0 bridgehead atoms. The van der Waals surface area contributed by atoms with Gasteiger partial charge in [-0.15, -0.1) is 0 Å². The van der Waals surface area contributed by atoms with Gasteiger partial charge in [-0.25, -0.2) is 4.39 Å². The van der Waals surface area contributed by atoms with Crippen LogP contribution in [0.1, 0.15) is 6.42 Å². The van der Waals surface area contributed by atoms with E-state index >= 15 is 0 Å². The summed E-state index contributed by atoms with van der Waals surface area (Å²) in [5, 5.41) is 0. The van der Waals surface area contributed by atoms with Crippen LogP contribution < -0.4 is 0 Å². The second kappa shape index (κ2) is 7.07. The highest BCUT2D eigenvalue weighted by atomic mass is 19.4. The third-order valence-electron chi connectivity index (χ3n) is 4.14. The van der Waals surface area contributed by atoms with Crippen LogP contribution in [0, 0.1) is 0 Å². The predicted octanol–water partition coefficient (Wildman–Crippen LogP) is 6.42. The Morgan fingerprint density at radius 3 is 1.03 bits per heavy atom. The number of hydrogen-bond acceptors (Lipinski definition) is 1. The lowest BCUT2D eigenvalue weighted by molar-refractivity contribution is -0.472. The summed E-state index contributed by atoms with van der Waals surface area (Å²) in [6, 6.07) is 0. The Morgan fingerprint density at radius 2 is 0.750 bits per heavy atom. The van der Waals surface area contributed by atoms with E-state index in [0.29, 0.717) is 0 Å². The number of hydrogen-bond donors (Lipinski definition) is 0. The fourth-order valence-corrected chi connectivity index (χ4v) is 2.15. The molecular weight excluding hydrogens is 521 g/mol. The third kappa shape index (κ3) is 3.54. The van der Waals surface area contributed by atoms with Gasteiger partial charge >= 0.3 is 53.6 Å². The van der Waals surface area contributed by atoms with Crippen molar-refractivity contribution in [2.75, 3.05) is 6.61 Å². The van der Waals surface area contributed by atoms with Crippen LogP contribution in [0.5, 0.6) is 0 Å². The molecule has 0 saturated carbocycles. The van der Waals surface area contributed by atoms with E-state index in [4.69, 9.17) is 0 Å². The summed E-state index contributed by atoms with van der Waals surface area (Å²) >= 11 is 0. The van der Waals surface area contributed by atoms with Crippen molar-refractivity contribution in [2.24, 2.45) is 0 Å². The summed E-state index contributed by atoms with van der Waals surface area (Å²) in [4.78, 5) is 0. The average molecular weight is 526 g/mol. The van der Waals surface area contributed by atoms with Gasteiger partial charge in [0.15, 0.2) is 0 Å². The van der Waals surface area contributed by atoms with Crippen molar-refractivity contribution >= 4 is 0 Å². The van der Waals surface area contributed by atoms with Crippen molar-refractivity contribution in [3.05, 3.63) is 0 Å². The number of halogens is 19. The van der Waals surface area contributed by atoms with Gasteiger partial charge in [0, 0.05) is 6.42 Å². The zero-order valence-electron chi connectivity index (χ0n) is 14.1. The van der Waals surface area contributed by atoms with Crippen LogP contribution in [-0.2, 0) is 4.74 Å². The lowest BCUT2D eigenvalue weighted by Crippen LogP contribution is -2.77. The summed E-state index contributed by atoms with van der Waals surface area (Å²) in [5.41, 5.74) is -8.71. The Morgan fingerprint density at radius 1 is 0.469 bits per heavy atom. The molecule has 0 aliphatic carbocycles. The van der Waals surface area contributed by atoms with Gasteiger partial charge in [0.25, 0.3) is 0 Å². The van der Waals surface area contributed by atoms with Gasteiger partial charge in [-0.2, -0.15) is 79.0 Å². The first kappa shape index (κ1) is 28.7. The van der Waals surface area contributed by atoms with Crippen LogP contribution in [0.2, 0.25) is 0 Å². The first-order chi connectivity index (χ1) is 13.6. The largest absolute Gasteiger partial charge is 0.438 e. The van der Waals surface area contributed by atoms with Gasteiger partial charge in [-0.1, -0.05) is 0 Å². The Bertz CT molecular complexity index is 682. The zero-order chi connectivity index (χ0) is 26.2. The quantitative estimate of drug-likeness (QED) is 0.263. The molecule has 32 heavy (non-hydrogen) atoms.